The van der Waals surface area contributed by atoms with Crippen LogP contribution in [0.4, 0.5) is 0 Å². The van der Waals surface area contributed by atoms with Crippen molar-refractivity contribution >= 4 is 15.9 Å². The third kappa shape index (κ3) is 4.46. The first-order valence-electron chi connectivity index (χ1n) is 8.41. The second-order valence-electron chi connectivity index (χ2n) is 6.89. The van der Waals surface area contributed by atoms with Gasteiger partial charge in [0.1, 0.15) is 0 Å². The van der Waals surface area contributed by atoms with Gasteiger partial charge < -0.3 is 20.5 Å². The van der Waals surface area contributed by atoms with Gasteiger partial charge >= 0.3 is 0 Å². The van der Waals surface area contributed by atoms with Gasteiger partial charge in [-0.05, 0) is 38.8 Å². The Kier molecular flexibility index (Phi) is 6.15. The lowest BCUT2D eigenvalue weighted by atomic mass is 10.0. The lowest BCUT2D eigenvalue weighted by molar-refractivity contribution is -0.126. The van der Waals surface area contributed by atoms with Gasteiger partial charge in [0.05, 0.1) is 24.7 Å². The summed E-state index contributed by atoms with van der Waals surface area (Å²) < 4.78 is 37.5. The maximum atomic E-state index is 12.9. The van der Waals surface area contributed by atoms with Crippen LogP contribution in [-0.4, -0.2) is 57.5 Å². The van der Waals surface area contributed by atoms with Gasteiger partial charge in [-0.15, -0.1) is 0 Å². The third-order valence-corrected chi connectivity index (χ3v) is 6.26. The number of sulfonamides is 1. The van der Waals surface area contributed by atoms with E-state index in [1.54, 1.807) is 19.9 Å². The van der Waals surface area contributed by atoms with Crippen LogP contribution in [0.1, 0.15) is 26.7 Å². The Morgan fingerprint density at radius 3 is 2.27 bits per heavy atom. The van der Waals surface area contributed by atoms with Crippen molar-refractivity contribution in [2.75, 3.05) is 27.3 Å². The fourth-order valence-corrected chi connectivity index (χ4v) is 4.22. The molecule has 0 aromatic heterocycles. The predicted molar refractivity (Wildman–Crippen MR) is 97.7 cm³/mol. The van der Waals surface area contributed by atoms with E-state index < -0.39 is 15.6 Å². The Hall–Kier alpha value is -1.84. The van der Waals surface area contributed by atoms with Gasteiger partial charge in [0.25, 0.3) is 0 Å². The van der Waals surface area contributed by atoms with Gasteiger partial charge in [-0.2, -0.15) is 4.31 Å². The number of rotatable bonds is 6. The molecular formula is C17H27N3O5S. The number of hydrogen-bond donors (Lipinski definition) is 2. The van der Waals surface area contributed by atoms with Crippen LogP contribution in [0.2, 0.25) is 0 Å². The number of benzene rings is 1. The van der Waals surface area contributed by atoms with E-state index >= 15 is 0 Å². The van der Waals surface area contributed by atoms with Crippen LogP contribution in [-0.2, 0) is 14.8 Å². The van der Waals surface area contributed by atoms with E-state index in [0.29, 0.717) is 37.4 Å². The zero-order valence-electron chi connectivity index (χ0n) is 15.6. The molecule has 9 heteroatoms. The van der Waals surface area contributed by atoms with Crippen molar-refractivity contribution in [2.24, 2.45) is 5.73 Å². The molecule has 0 radical (unpaired) electrons. The van der Waals surface area contributed by atoms with Crippen LogP contribution in [0, 0.1) is 0 Å². The van der Waals surface area contributed by atoms with Crippen LogP contribution < -0.4 is 20.5 Å². The van der Waals surface area contributed by atoms with Crippen molar-refractivity contribution in [2.45, 2.75) is 43.2 Å². The molecule has 1 fully saturated rings. The molecule has 0 bridgehead atoms. The fraction of sp³-hybridized carbons (Fsp3) is 0.588. The number of hydrogen-bond acceptors (Lipinski definition) is 6. The number of carbonyl (C=O) groups excluding carboxylic acids is 1. The standard InChI is InChI=1S/C17H27N3O5S/c1-17(2,18)16(21)19-12-7-9-20(10-8-12)26(22,23)13-5-6-14(24-3)15(11-13)25-4/h5-6,11-12H,7-10,18H2,1-4H3,(H,19,21). The van der Waals surface area contributed by atoms with Gasteiger partial charge in [0.2, 0.25) is 15.9 Å². The zero-order chi connectivity index (χ0) is 19.5. The van der Waals surface area contributed by atoms with E-state index in [4.69, 9.17) is 15.2 Å². The largest absolute Gasteiger partial charge is 0.493 e. The molecule has 1 amide bonds. The molecule has 26 heavy (non-hydrogen) atoms. The maximum Gasteiger partial charge on any atom is 0.243 e. The summed E-state index contributed by atoms with van der Waals surface area (Å²) in [4.78, 5) is 12.1. The number of methoxy groups -OCH3 is 2. The fourth-order valence-electron chi connectivity index (χ4n) is 2.74. The summed E-state index contributed by atoms with van der Waals surface area (Å²) in [6, 6.07) is 4.45. The topological polar surface area (TPSA) is 111 Å². The molecule has 1 aliphatic rings. The summed E-state index contributed by atoms with van der Waals surface area (Å²) in [6.45, 7) is 3.93. The second-order valence-corrected chi connectivity index (χ2v) is 8.83. The molecule has 3 N–H and O–H groups in total. The minimum Gasteiger partial charge on any atom is -0.493 e. The van der Waals surface area contributed by atoms with Crippen LogP contribution >= 0.6 is 0 Å². The van der Waals surface area contributed by atoms with Crippen molar-refractivity contribution in [3.05, 3.63) is 18.2 Å². The summed E-state index contributed by atoms with van der Waals surface area (Å²) in [5.74, 6) is 0.594. The normalized spacial score (nSPS) is 17.0. The van der Waals surface area contributed by atoms with Crippen molar-refractivity contribution in [1.29, 1.82) is 0 Å². The number of nitrogens with two attached hydrogens (primary N) is 1. The second kappa shape index (κ2) is 7.81. The lowest BCUT2D eigenvalue weighted by Gasteiger charge is -2.33. The van der Waals surface area contributed by atoms with Crippen molar-refractivity contribution in [3.63, 3.8) is 0 Å². The van der Waals surface area contributed by atoms with Crippen LogP contribution in [0.25, 0.3) is 0 Å². The number of nitrogens with zero attached hydrogens (tertiary/aromatic N) is 1. The SMILES string of the molecule is COc1ccc(S(=O)(=O)N2CCC(NC(=O)C(C)(C)N)CC2)cc1OC. The summed E-state index contributed by atoms with van der Waals surface area (Å²) >= 11 is 0. The number of ether oxygens (including phenoxy) is 2. The maximum absolute atomic E-state index is 12.9. The molecule has 0 saturated carbocycles. The Balaban J connectivity index is 2.07. The average molecular weight is 385 g/mol. The molecule has 1 saturated heterocycles. The zero-order valence-corrected chi connectivity index (χ0v) is 16.4. The van der Waals surface area contributed by atoms with E-state index in [0.717, 1.165) is 0 Å². The highest BCUT2D eigenvalue weighted by Gasteiger charge is 2.32. The lowest BCUT2D eigenvalue weighted by Crippen LogP contribution is -2.54. The smallest absolute Gasteiger partial charge is 0.243 e. The number of piperidine rings is 1. The highest BCUT2D eigenvalue weighted by atomic mass is 32.2. The van der Waals surface area contributed by atoms with Crippen molar-refractivity contribution < 1.29 is 22.7 Å². The average Bonchev–Trinajstić information content (AvgIpc) is 2.60. The molecule has 0 spiro atoms. The summed E-state index contributed by atoms with van der Waals surface area (Å²) in [7, 11) is -0.686. The van der Waals surface area contributed by atoms with Crippen molar-refractivity contribution in [1.82, 2.24) is 9.62 Å². The first kappa shape index (κ1) is 20.5. The highest BCUT2D eigenvalue weighted by molar-refractivity contribution is 7.89. The number of amides is 1. The van der Waals surface area contributed by atoms with Gasteiger partial charge in [-0.25, -0.2) is 8.42 Å². The van der Waals surface area contributed by atoms with E-state index in [1.807, 2.05) is 0 Å². The Morgan fingerprint density at radius 1 is 1.19 bits per heavy atom. The quantitative estimate of drug-likeness (QED) is 0.746. The summed E-state index contributed by atoms with van der Waals surface area (Å²) in [5, 5.41) is 2.88. The van der Waals surface area contributed by atoms with Gasteiger partial charge in [0.15, 0.2) is 11.5 Å². The molecule has 1 aromatic carbocycles. The Bertz CT molecular complexity index is 750. The molecule has 0 aliphatic carbocycles. The molecule has 146 valence electrons. The minimum absolute atomic E-state index is 0.0813. The van der Waals surface area contributed by atoms with Gasteiger partial charge in [-0.1, -0.05) is 0 Å². The Labute approximate surface area is 154 Å². The predicted octanol–water partition coefficient (Wildman–Crippen LogP) is 0.710. The van der Waals surface area contributed by atoms with Gasteiger partial charge in [0, 0.05) is 25.2 Å². The summed E-state index contributed by atoms with van der Waals surface area (Å²) in [6.07, 6.45) is 1.07. The molecule has 2 rings (SSSR count). The molecule has 1 aliphatic heterocycles. The van der Waals surface area contributed by atoms with E-state index in [1.165, 1.54) is 30.7 Å². The van der Waals surface area contributed by atoms with E-state index in [-0.39, 0.29) is 16.8 Å². The molecule has 8 nitrogen and oxygen atoms in total. The molecule has 0 unspecified atom stereocenters. The molecular weight excluding hydrogens is 358 g/mol. The number of carbonyl (C=O) groups is 1. The van der Waals surface area contributed by atoms with E-state index in [2.05, 4.69) is 5.32 Å². The molecule has 1 aromatic rings. The number of nitrogens with one attached hydrogen (secondary N) is 1. The molecule has 0 atom stereocenters. The van der Waals surface area contributed by atoms with Crippen LogP contribution in [0.15, 0.2) is 23.1 Å². The van der Waals surface area contributed by atoms with Crippen molar-refractivity contribution in [3.8, 4) is 11.5 Å². The monoisotopic (exact) mass is 385 g/mol. The highest BCUT2D eigenvalue weighted by Crippen LogP contribution is 2.31. The van der Waals surface area contributed by atoms with Gasteiger partial charge in [-0.3, -0.25) is 4.79 Å². The molecule has 1 heterocycles. The minimum atomic E-state index is -3.64. The third-order valence-electron chi connectivity index (χ3n) is 4.37. The first-order chi connectivity index (χ1) is 12.1. The van der Waals surface area contributed by atoms with Crippen LogP contribution in [0.5, 0.6) is 11.5 Å². The summed E-state index contributed by atoms with van der Waals surface area (Å²) in [5.41, 5.74) is 4.82. The Morgan fingerprint density at radius 2 is 1.77 bits per heavy atom. The van der Waals surface area contributed by atoms with Crippen LogP contribution in [0.3, 0.4) is 0 Å². The van der Waals surface area contributed by atoms with E-state index in [9.17, 15) is 13.2 Å². The first-order valence-corrected chi connectivity index (χ1v) is 9.85.